The fourth-order valence-corrected chi connectivity index (χ4v) is 6.31. The van der Waals surface area contributed by atoms with Gasteiger partial charge < -0.3 is 23.7 Å². The third-order valence-electron chi connectivity index (χ3n) is 8.32. The number of hydrazone groups is 1. The number of carbonyl (C=O) groups excluding carboxylic acids is 1. The van der Waals surface area contributed by atoms with Crippen molar-refractivity contribution in [1.82, 2.24) is 5.01 Å². The third-order valence-corrected chi connectivity index (χ3v) is 8.32. The highest BCUT2D eigenvalue weighted by atomic mass is 16.7. The Kier molecular flexibility index (Phi) is 5.98. The molecule has 0 spiro atoms. The van der Waals surface area contributed by atoms with E-state index in [0.717, 1.165) is 63.9 Å². The molecule has 0 unspecified atom stereocenters. The normalized spacial score (nSPS) is 21.0. The van der Waals surface area contributed by atoms with Crippen LogP contribution in [0.1, 0.15) is 36.4 Å². The summed E-state index contributed by atoms with van der Waals surface area (Å²) in [7, 11) is 0. The second kappa shape index (κ2) is 10.1. The van der Waals surface area contributed by atoms with Crippen molar-refractivity contribution >= 4 is 28.5 Å². The summed E-state index contributed by atoms with van der Waals surface area (Å²) in [4.78, 5) is 13.8. The van der Waals surface area contributed by atoms with Gasteiger partial charge in [-0.1, -0.05) is 42.5 Å². The molecule has 4 aromatic rings. The second-order valence-electron chi connectivity index (χ2n) is 10.9. The highest BCUT2D eigenvalue weighted by Crippen LogP contribution is 2.46. The SMILES string of the molecule is O=C(COc1ccc2ccccc2c1)N1N=C2/C(=C\c3ccc4c(c3)OCO4)CCC[C@H]2[C@H]1c1ccc2c(c1)OCO2. The molecule has 0 radical (unpaired) electrons. The Morgan fingerprint density at radius 2 is 1.62 bits per heavy atom. The molecule has 1 saturated carbocycles. The van der Waals surface area contributed by atoms with E-state index >= 15 is 0 Å². The van der Waals surface area contributed by atoms with Gasteiger partial charge in [-0.2, -0.15) is 5.10 Å². The first-order valence-corrected chi connectivity index (χ1v) is 14.2. The Balaban J connectivity index is 1.12. The second-order valence-corrected chi connectivity index (χ2v) is 10.9. The predicted octanol–water partition coefficient (Wildman–Crippen LogP) is 6.50. The summed E-state index contributed by atoms with van der Waals surface area (Å²) >= 11 is 0. The van der Waals surface area contributed by atoms with Crippen molar-refractivity contribution in [2.24, 2.45) is 11.0 Å². The lowest BCUT2D eigenvalue weighted by molar-refractivity contribution is -0.135. The summed E-state index contributed by atoms with van der Waals surface area (Å²) in [6.07, 6.45) is 4.96. The average molecular weight is 561 g/mol. The third kappa shape index (κ3) is 4.40. The van der Waals surface area contributed by atoms with Gasteiger partial charge in [0.05, 0.1) is 11.8 Å². The van der Waals surface area contributed by atoms with Crippen LogP contribution in [0, 0.1) is 5.92 Å². The fraction of sp³-hybridized carbons (Fsp3) is 0.235. The van der Waals surface area contributed by atoms with E-state index in [1.807, 2.05) is 72.8 Å². The van der Waals surface area contributed by atoms with Crippen molar-refractivity contribution < 1.29 is 28.5 Å². The highest BCUT2D eigenvalue weighted by molar-refractivity contribution is 6.08. The number of fused-ring (bicyclic) bond motifs is 4. The zero-order chi connectivity index (χ0) is 28.0. The predicted molar refractivity (Wildman–Crippen MR) is 157 cm³/mol. The van der Waals surface area contributed by atoms with Crippen LogP contribution in [0.15, 0.2) is 89.5 Å². The number of allylic oxidation sites excluding steroid dienone is 1. The Morgan fingerprint density at radius 3 is 2.48 bits per heavy atom. The van der Waals surface area contributed by atoms with Crippen LogP contribution in [-0.4, -0.2) is 36.8 Å². The van der Waals surface area contributed by atoms with Crippen molar-refractivity contribution in [3.8, 4) is 28.7 Å². The van der Waals surface area contributed by atoms with E-state index in [1.165, 1.54) is 0 Å². The van der Waals surface area contributed by atoms with Crippen LogP contribution in [0.25, 0.3) is 16.8 Å². The van der Waals surface area contributed by atoms with E-state index < -0.39 is 0 Å². The molecule has 210 valence electrons. The quantitative estimate of drug-likeness (QED) is 0.277. The molecule has 3 heterocycles. The van der Waals surface area contributed by atoms with Gasteiger partial charge in [0.25, 0.3) is 5.91 Å². The number of rotatable bonds is 5. The number of benzene rings is 4. The summed E-state index contributed by atoms with van der Waals surface area (Å²) in [5, 5.41) is 8.80. The molecule has 0 N–H and O–H groups in total. The number of carbonyl (C=O) groups is 1. The van der Waals surface area contributed by atoms with E-state index in [-0.39, 0.29) is 38.1 Å². The van der Waals surface area contributed by atoms with Gasteiger partial charge in [-0.3, -0.25) is 4.79 Å². The van der Waals surface area contributed by atoms with E-state index in [1.54, 1.807) is 5.01 Å². The van der Waals surface area contributed by atoms with Crippen molar-refractivity contribution in [1.29, 1.82) is 0 Å². The molecule has 0 bridgehead atoms. The molecule has 1 fully saturated rings. The minimum Gasteiger partial charge on any atom is -0.484 e. The van der Waals surface area contributed by atoms with Gasteiger partial charge in [-0.05, 0) is 89.2 Å². The first-order chi connectivity index (χ1) is 20.7. The zero-order valence-corrected chi connectivity index (χ0v) is 22.8. The molecule has 0 aromatic heterocycles. The molecule has 1 aliphatic carbocycles. The van der Waals surface area contributed by atoms with Crippen molar-refractivity contribution in [3.63, 3.8) is 0 Å². The summed E-state index contributed by atoms with van der Waals surface area (Å²) in [6.45, 7) is 0.309. The van der Waals surface area contributed by atoms with Gasteiger partial charge in [-0.15, -0.1) is 0 Å². The van der Waals surface area contributed by atoms with Crippen LogP contribution < -0.4 is 23.7 Å². The largest absolute Gasteiger partial charge is 0.484 e. The van der Waals surface area contributed by atoms with E-state index in [0.29, 0.717) is 17.2 Å². The lowest BCUT2D eigenvalue weighted by Crippen LogP contribution is -2.34. The number of hydrogen-bond acceptors (Lipinski definition) is 7. The molecule has 42 heavy (non-hydrogen) atoms. The number of hydrogen-bond donors (Lipinski definition) is 0. The van der Waals surface area contributed by atoms with Crippen LogP contribution in [0.3, 0.4) is 0 Å². The minimum atomic E-state index is -0.275. The minimum absolute atomic E-state index is 0.0454. The maximum absolute atomic E-state index is 13.8. The van der Waals surface area contributed by atoms with Crippen LogP contribution in [0.2, 0.25) is 0 Å². The van der Waals surface area contributed by atoms with E-state index in [9.17, 15) is 4.79 Å². The van der Waals surface area contributed by atoms with Crippen LogP contribution in [0.5, 0.6) is 28.7 Å². The summed E-state index contributed by atoms with van der Waals surface area (Å²) in [6, 6.07) is 25.5. The summed E-state index contributed by atoms with van der Waals surface area (Å²) in [5.74, 6) is 3.39. The van der Waals surface area contributed by atoms with E-state index in [2.05, 4.69) is 12.1 Å². The number of nitrogens with zero attached hydrogens (tertiary/aromatic N) is 2. The smallest absolute Gasteiger partial charge is 0.281 e. The molecule has 4 aromatic carbocycles. The summed E-state index contributed by atoms with van der Waals surface area (Å²) in [5.41, 5.74) is 4.05. The molecular formula is C34H28N2O6. The lowest BCUT2D eigenvalue weighted by atomic mass is 9.77. The average Bonchev–Trinajstić information content (AvgIpc) is 3.78. The fourth-order valence-electron chi connectivity index (χ4n) is 6.31. The Labute approximate surface area is 242 Å². The molecule has 2 atom stereocenters. The molecule has 1 amide bonds. The van der Waals surface area contributed by atoms with E-state index in [4.69, 9.17) is 28.8 Å². The maximum atomic E-state index is 13.8. The highest BCUT2D eigenvalue weighted by Gasteiger charge is 2.44. The maximum Gasteiger partial charge on any atom is 0.281 e. The lowest BCUT2D eigenvalue weighted by Gasteiger charge is -2.29. The molecule has 8 heteroatoms. The first kappa shape index (κ1) is 24.8. The standard InChI is InChI=1S/C34H28N2O6/c37-32(18-38-26-11-9-22-4-1-2-5-23(22)16-26)36-34(25-10-13-29-31(17-25)42-20-40-29)27-7-3-6-24(33(27)35-36)14-21-8-12-28-30(15-21)41-19-39-28/h1-2,4-5,8-17,27,34H,3,6-7,18-20H2/b24-14-/t27-,34-/m1/s1. The van der Waals surface area contributed by atoms with Gasteiger partial charge in [0.1, 0.15) is 5.75 Å². The number of ether oxygens (including phenoxy) is 5. The zero-order valence-electron chi connectivity index (χ0n) is 22.8. The van der Waals surface area contributed by atoms with Gasteiger partial charge in [0, 0.05) is 5.92 Å². The Morgan fingerprint density at radius 1 is 0.857 bits per heavy atom. The van der Waals surface area contributed by atoms with Crippen LogP contribution >= 0.6 is 0 Å². The number of amides is 1. The molecule has 8 rings (SSSR count). The van der Waals surface area contributed by atoms with Gasteiger partial charge >= 0.3 is 0 Å². The van der Waals surface area contributed by atoms with Gasteiger partial charge in [-0.25, -0.2) is 5.01 Å². The van der Waals surface area contributed by atoms with Crippen molar-refractivity contribution in [2.75, 3.05) is 20.2 Å². The van der Waals surface area contributed by atoms with Gasteiger partial charge in [0.2, 0.25) is 13.6 Å². The van der Waals surface area contributed by atoms with Gasteiger partial charge in [0.15, 0.2) is 29.6 Å². The molecule has 8 nitrogen and oxygen atoms in total. The topological polar surface area (TPSA) is 78.8 Å². The molecule has 4 aliphatic rings. The van der Waals surface area contributed by atoms with Crippen LogP contribution in [0.4, 0.5) is 0 Å². The summed E-state index contributed by atoms with van der Waals surface area (Å²) < 4.78 is 28.3. The molecular weight excluding hydrogens is 532 g/mol. The van der Waals surface area contributed by atoms with Crippen molar-refractivity contribution in [3.05, 3.63) is 95.6 Å². The molecule has 0 saturated heterocycles. The first-order valence-electron chi connectivity index (χ1n) is 14.2. The van der Waals surface area contributed by atoms with Crippen molar-refractivity contribution in [2.45, 2.75) is 25.3 Å². The Hall–Kier alpha value is -4.98. The monoisotopic (exact) mass is 560 g/mol. The molecule has 3 aliphatic heterocycles. The van der Waals surface area contributed by atoms with Crippen LogP contribution in [-0.2, 0) is 4.79 Å². The Bertz CT molecular complexity index is 1780.